The lowest BCUT2D eigenvalue weighted by atomic mass is 9.86. The van der Waals surface area contributed by atoms with Crippen LogP contribution < -0.4 is 0 Å². The minimum absolute atomic E-state index is 0.0160. The molecule has 0 atom stereocenters. The van der Waals surface area contributed by atoms with Crippen LogP contribution in [0.1, 0.15) is 57.8 Å². The van der Waals surface area contributed by atoms with Gasteiger partial charge in [0.25, 0.3) is 0 Å². The Morgan fingerprint density at radius 2 is 1.86 bits per heavy atom. The first-order valence-corrected chi connectivity index (χ1v) is 8.12. The summed E-state index contributed by atoms with van der Waals surface area (Å²) in [6.07, 6.45) is 8.66. The minimum Gasteiger partial charge on any atom is -0.481 e. The second-order valence-electron chi connectivity index (χ2n) is 5.91. The Kier molecular flexibility index (Phi) is 9.06. The van der Waals surface area contributed by atoms with Gasteiger partial charge in [-0.1, -0.05) is 32.1 Å². The van der Waals surface area contributed by atoms with Crippen molar-refractivity contribution < 1.29 is 19.4 Å². The van der Waals surface area contributed by atoms with Crippen molar-refractivity contribution in [2.24, 2.45) is 5.92 Å². The van der Waals surface area contributed by atoms with E-state index in [-0.39, 0.29) is 12.3 Å². The van der Waals surface area contributed by atoms with Crippen molar-refractivity contribution in [3.8, 4) is 0 Å². The average Bonchev–Trinajstić information content (AvgIpc) is 2.49. The molecule has 122 valence electrons. The highest BCUT2D eigenvalue weighted by atomic mass is 16.5. The standard InChI is InChI=1S/C16H29NO4/c1-21-13-5-11-17(12-10-16(19)20)15(18)9-8-14-6-3-2-4-7-14/h14H,2-13H2,1H3,(H,19,20). The van der Waals surface area contributed by atoms with Crippen molar-refractivity contribution in [1.82, 2.24) is 4.90 Å². The van der Waals surface area contributed by atoms with Crippen molar-refractivity contribution in [1.29, 1.82) is 0 Å². The highest BCUT2D eigenvalue weighted by Crippen LogP contribution is 2.27. The number of nitrogens with zero attached hydrogens (tertiary/aromatic N) is 1. The number of ether oxygens (including phenoxy) is 1. The molecule has 0 aromatic carbocycles. The Labute approximate surface area is 127 Å². The number of aliphatic carboxylic acids is 1. The van der Waals surface area contributed by atoms with E-state index in [1.54, 1.807) is 12.0 Å². The lowest BCUT2D eigenvalue weighted by molar-refractivity contribution is -0.138. The van der Waals surface area contributed by atoms with Gasteiger partial charge in [-0.3, -0.25) is 9.59 Å². The molecule has 1 saturated carbocycles. The van der Waals surface area contributed by atoms with Gasteiger partial charge in [0.05, 0.1) is 6.42 Å². The molecule has 0 saturated heterocycles. The topological polar surface area (TPSA) is 66.8 Å². The third-order valence-corrected chi connectivity index (χ3v) is 4.22. The summed E-state index contributed by atoms with van der Waals surface area (Å²) in [6, 6.07) is 0. The number of carboxylic acids is 1. The van der Waals surface area contributed by atoms with E-state index in [0.717, 1.165) is 12.8 Å². The summed E-state index contributed by atoms with van der Waals surface area (Å²) >= 11 is 0. The van der Waals surface area contributed by atoms with Gasteiger partial charge < -0.3 is 14.7 Å². The molecule has 0 radical (unpaired) electrons. The normalized spacial score (nSPS) is 15.9. The van der Waals surface area contributed by atoms with Crippen LogP contribution in [0.4, 0.5) is 0 Å². The molecule has 0 unspecified atom stereocenters. The van der Waals surface area contributed by atoms with Crippen molar-refractivity contribution in [2.75, 3.05) is 26.8 Å². The van der Waals surface area contributed by atoms with Crippen LogP contribution >= 0.6 is 0 Å². The second-order valence-corrected chi connectivity index (χ2v) is 5.91. The fourth-order valence-electron chi connectivity index (χ4n) is 2.95. The maximum Gasteiger partial charge on any atom is 0.305 e. The van der Waals surface area contributed by atoms with Gasteiger partial charge in [0.2, 0.25) is 5.91 Å². The molecule has 0 heterocycles. The van der Waals surface area contributed by atoms with E-state index in [4.69, 9.17) is 9.84 Å². The molecule has 21 heavy (non-hydrogen) atoms. The summed E-state index contributed by atoms with van der Waals surface area (Å²) in [7, 11) is 1.63. The predicted octanol–water partition coefficient (Wildman–Crippen LogP) is 2.69. The number of amides is 1. The molecule has 1 fully saturated rings. The summed E-state index contributed by atoms with van der Waals surface area (Å²) in [5.41, 5.74) is 0. The maximum atomic E-state index is 12.3. The van der Waals surface area contributed by atoms with Crippen molar-refractivity contribution in [2.45, 2.75) is 57.8 Å². The number of carbonyl (C=O) groups is 2. The van der Waals surface area contributed by atoms with E-state index < -0.39 is 5.97 Å². The summed E-state index contributed by atoms with van der Waals surface area (Å²) in [5.74, 6) is -0.0762. The second kappa shape index (κ2) is 10.6. The van der Waals surface area contributed by atoms with Crippen LogP contribution in [0.3, 0.4) is 0 Å². The van der Waals surface area contributed by atoms with Crippen LogP contribution in [0, 0.1) is 5.92 Å². The van der Waals surface area contributed by atoms with E-state index in [9.17, 15) is 9.59 Å². The summed E-state index contributed by atoms with van der Waals surface area (Å²) in [5, 5.41) is 8.79. The van der Waals surface area contributed by atoms with E-state index in [1.165, 1.54) is 32.1 Å². The van der Waals surface area contributed by atoms with Crippen LogP contribution in [0.15, 0.2) is 0 Å². The monoisotopic (exact) mass is 299 g/mol. The molecule has 1 aliphatic rings. The first kappa shape index (κ1) is 18.0. The number of methoxy groups -OCH3 is 1. The Bertz CT molecular complexity index is 313. The quantitative estimate of drug-likeness (QED) is 0.630. The van der Waals surface area contributed by atoms with Gasteiger partial charge in [-0.05, 0) is 18.8 Å². The molecule has 5 heteroatoms. The molecule has 0 aliphatic heterocycles. The van der Waals surface area contributed by atoms with E-state index in [2.05, 4.69) is 0 Å². The van der Waals surface area contributed by atoms with Gasteiger partial charge in [0.15, 0.2) is 0 Å². The molecule has 0 aromatic rings. The molecule has 1 rings (SSSR count). The van der Waals surface area contributed by atoms with Gasteiger partial charge in [0.1, 0.15) is 0 Å². The average molecular weight is 299 g/mol. The summed E-state index contributed by atoms with van der Waals surface area (Å²) in [4.78, 5) is 24.7. The summed E-state index contributed by atoms with van der Waals surface area (Å²) in [6.45, 7) is 1.49. The smallest absolute Gasteiger partial charge is 0.305 e. The van der Waals surface area contributed by atoms with Crippen LogP contribution in [0.2, 0.25) is 0 Å². The molecule has 0 spiro atoms. The Balaban J connectivity index is 2.34. The zero-order valence-corrected chi connectivity index (χ0v) is 13.2. The Hall–Kier alpha value is -1.10. The van der Waals surface area contributed by atoms with E-state index in [0.29, 0.717) is 32.0 Å². The highest BCUT2D eigenvalue weighted by Gasteiger charge is 2.18. The van der Waals surface area contributed by atoms with Crippen LogP contribution in [0.5, 0.6) is 0 Å². The number of hydrogen-bond donors (Lipinski definition) is 1. The number of rotatable bonds is 10. The molecule has 0 aromatic heterocycles. The predicted molar refractivity (Wildman–Crippen MR) is 81.1 cm³/mol. The number of hydrogen-bond acceptors (Lipinski definition) is 3. The molecular formula is C16H29NO4. The third-order valence-electron chi connectivity index (χ3n) is 4.22. The molecule has 5 nitrogen and oxygen atoms in total. The lowest BCUT2D eigenvalue weighted by Crippen LogP contribution is -2.34. The molecule has 1 amide bonds. The fourth-order valence-corrected chi connectivity index (χ4v) is 2.95. The Morgan fingerprint density at radius 3 is 2.48 bits per heavy atom. The third kappa shape index (κ3) is 8.05. The SMILES string of the molecule is COCCCN(CCC(=O)O)C(=O)CCC1CCCCC1. The van der Waals surface area contributed by atoms with Gasteiger partial charge in [-0.25, -0.2) is 0 Å². The van der Waals surface area contributed by atoms with Crippen molar-refractivity contribution in [3.05, 3.63) is 0 Å². The largest absolute Gasteiger partial charge is 0.481 e. The molecule has 1 N–H and O–H groups in total. The highest BCUT2D eigenvalue weighted by molar-refractivity contribution is 5.77. The molecular weight excluding hydrogens is 270 g/mol. The zero-order chi connectivity index (χ0) is 15.5. The number of carbonyl (C=O) groups excluding carboxylic acids is 1. The zero-order valence-electron chi connectivity index (χ0n) is 13.2. The lowest BCUT2D eigenvalue weighted by Gasteiger charge is -2.25. The van der Waals surface area contributed by atoms with E-state index in [1.807, 2.05) is 0 Å². The summed E-state index contributed by atoms with van der Waals surface area (Å²) < 4.78 is 5.00. The van der Waals surface area contributed by atoms with E-state index >= 15 is 0 Å². The molecule has 1 aliphatic carbocycles. The number of carboxylic acid groups (broad SMARTS) is 1. The minimum atomic E-state index is -0.855. The first-order chi connectivity index (χ1) is 10.1. The Morgan fingerprint density at radius 1 is 1.14 bits per heavy atom. The van der Waals surface area contributed by atoms with Crippen LogP contribution in [0.25, 0.3) is 0 Å². The fraction of sp³-hybridized carbons (Fsp3) is 0.875. The maximum absolute atomic E-state index is 12.3. The van der Waals surface area contributed by atoms with Crippen molar-refractivity contribution >= 4 is 11.9 Å². The van der Waals surface area contributed by atoms with Crippen LogP contribution in [-0.4, -0.2) is 48.7 Å². The first-order valence-electron chi connectivity index (χ1n) is 8.12. The van der Waals surface area contributed by atoms with Gasteiger partial charge in [-0.2, -0.15) is 0 Å². The van der Waals surface area contributed by atoms with Crippen LogP contribution in [-0.2, 0) is 14.3 Å². The van der Waals surface area contributed by atoms with Crippen molar-refractivity contribution in [3.63, 3.8) is 0 Å². The van der Waals surface area contributed by atoms with Gasteiger partial charge >= 0.3 is 5.97 Å². The van der Waals surface area contributed by atoms with Gasteiger partial charge in [0, 0.05) is 33.2 Å². The van der Waals surface area contributed by atoms with Gasteiger partial charge in [-0.15, -0.1) is 0 Å². The molecule has 0 bridgehead atoms.